The van der Waals surface area contributed by atoms with E-state index in [0.29, 0.717) is 45.9 Å². The first kappa shape index (κ1) is 27.5. The molecule has 0 radical (unpaired) electrons. The molecule has 1 aliphatic heterocycles. The Morgan fingerprint density at radius 3 is 2.46 bits per heavy atom. The molecule has 1 aliphatic rings. The lowest BCUT2D eigenvalue weighted by molar-refractivity contribution is -0.137. The Morgan fingerprint density at radius 2 is 1.84 bits per heavy atom. The van der Waals surface area contributed by atoms with Gasteiger partial charge in [0, 0.05) is 67.1 Å². The minimum atomic E-state index is -4.45. The Labute approximate surface area is 223 Å². The summed E-state index contributed by atoms with van der Waals surface area (Å²) in [6.45, 7) is 4.17. The maximum Gasteiger partial charge on any atom is 0.416 e. The molecule has 0 saturated carbocycles. The van der Waals surface area contributed by atoms with Gasteiger partial charge in [-0.15, -0.1) is 0 Å². The minimum absolute atomic E-state index is 0.00000928. The molecule has 37 heavy (non-hydrogen) atoms. The molecule has 0 N–H and O–H groups in total. The largest absolute Gasteiger partial charge is 0.416 e. The number of carbonyl (C=O) groups is 2. The summed E-state index contributed by atoms with van der Waals surface area (Å²) in [7, 11) is 3.25. The van der Waals surface area contributed by atoms with E-state index in [4.69, 9.17) is 27.9 Å². The average molecular weight is 555 g/mol. The maximum atomic E-state index is 13.4. The minimum Gasteiger partial charge on any atom is -0.384 e. The standard InChI is InChI=1S/C27H27Cl2F3N2O3/c1-14-7-17(27(30,31)32)8-24-20(14)9-18(33(24)3)10-21-23(28)6-5-19(25(21)29)26(36)34-11-16(13-37-4)22(12-34)15(2)35/h5-9,16,22H,10-13H2,1-4H3/t16-,22-/m0/s1. The molecule has 4 rings (SSSR count). The van der Waals surface area contributed by atoms with E-state index in [0.717, 1.165) is 12.1 Å². The maximum absolute atomic E-state index is 13.4. The monoisotopic (exact) mass is 554 g/mol. The van der Waals surface area contributed by atoms with Crippen LogP contribution in [-0.4, -0.2) is 48.0 Å². The van der Waals surface area contributed by atoms with Crippen LogP contribution in [0.5, 0.6) is 0 Å². The molecule has 1 aromatic heterocycles. The Hall–Kier alpha value is -2.55. The van der Waals surface area contributed by atoms with Crippen LogP contribution in [0.2, 0.25) is 10.0 Å². The van der Waals surface area contributed by atoms with Gasteiger partial charge in [0.1, 0.15) is 5.78 Å². The molecule has 0 spiro atoms. The summed E-state index contributed by atoms with van der Waals surface area (Å²) in [6.07, 6.45) is -4.24. The number of aryl methyl sites for hydroxylation is 2. The summed E-state index contributed by atoms with van der Waals surface area (Å²) in [6, 6.07) is 7.23. The number of halogens is 5. The number of Topliss-reactive ketones (excluding diaryl/α,β-unsaturated/α-hetero) is 1. The van der Waals surface area contributed by atoms with E-state index in [9.17, 15) is 22.8 Å². The number of methoxy groups -OCH3 is 1. The fourth-order valence-electron chi connectivity index (χ4n) is 5.15. The lowest BCUT2D eigenvalue weighted by atomic mass is 9.93. The number of hydrogen-bond acceptors (Lipinski definition) is 3. The number of alkyl halides is 3. The molecule has 10 heteroatoms. The number of ketones is 1. The Kier molecular flexibility index (Phi) is 7.66. The summed E-state index contributed by atoms with van der Waals surface area (Å²) in [4.78, 5) is 27.1. The number of aromatic nitrogens is 1. The van der Waals surface area contributed by atoms with E-state index in [1.807, 2.05) is 6.07 Å². The van der Waals surface area contributed by atoms with Crippen molar-refractivity contribution >= 4 is 45.8 Å². The highest BCUT2D eigenvalue weighted by Crippen LogP contribution is 2.37. The summed E-state index contributed by atoms with van der Waals surface area (Å²) < 4.78 is 47.0. The van der Waals surface area contributed by atoms with Crippen molar-refractivity contribution in [3.8, 4) is 0 Å². The molecule has 2 heterocycles. The molecular formula is C27H27Cl2F3N2O3. The number of rotatable bonds is 6. The fourth-order valence-corrected chi connectivity index (χ4v) is 5.74. The Bertz CT molecular complexity index is 1380. The van der Waals surface area contributed by atoms with Gasteiger partial charge in [0.05, 0.1) is 22.8 Å². The molecule has 0 bridgehead atoms. The first-order valence-electron chi connectivity index (χ1n) is 11.7. The van der Waals surface area contributed by atoms with Crippen molar-refractivity contribution in [1.82, 2.24) is 9.47 Å². The van der Waals surface area contributed by atoms with Crippen LogP contribution in [0.4, 0.5) is 13.2 Å². The first-order valence-corrected chi connectivity index (χ1v) is 12.5. The molecule has 0 aliphatic carbocycles. The number of fused-ring (bicyclic) bond motifs is 1. The molecule has 1 fully saturated rings. The molecule has 2 aromatic carbocycles. The highest BCUT2D eigenvalue weighted by molar-refractivity contribution is 6.38. The zero-order valence-electron chi connectivity index (χ0n) is 20.9. The van der Waals surface area contributed by atoms with Gasteiger partial charge in [-0.2, -0.15) is 13.2 Å². The van der Waals surface area contributed by atoms with Gasteiger partial charge in [0.2, 0.25) is 0 Å². The van der Waals surface area contributed by atoms with Crippen LogP contribution in [-0.2, 0) is 29.2 Å². The zero-order valence-corrected chi connectivity index (χ0v) is 22.4. The van der Waals surface area contributed by atoms with Gasteiger partial charge in [0.15, 0.2) is 0 Å². The number of ether oxygens (including phenoxy) is 1. The highest BCUT2D eigenvalue weighted by Gasteiger charge is 2.38. The van der Waals surface area contributed by atoms with Crippen molar-refractivity contribution < 1.29 is 27.5 Å². The van der Waals surface area contributed by atoms with Crippen LogP contribution >= 0.6 is 23.2 Å². The number of amides is 1. The first-order chi connectivity index (χ1) is 17.3. The number of benzene rings is 2. The third-order valence-electron chi connectivity index (χ3n) is 7.20. The van der Waals surface area contributed by atoms with E-state index in [1.54, 1.807) is 42.7 Å². The molecule has 5 nitrogen and oxygen atoms in total. The van der Waals surface area contributed by atoms with Crippen molar-refractivity contribution in [3.05, 3.63) is 68.3 Å². The quantitative estimate of drug-likeness (QED) is 0.358. The summed E-state index contributed by atoms with van der Waals surface area (Å²) >= 11 is 13.2. The van der Waals surface area contributed by atoms with E-state index in [2.05, 4.69) is 0 Å². The third kappa shape index (κ3) is 5.24. The molecular weight excluding hydrogens is 528 g/mol. The lowest BCUT2D eigenvalue weighted by Gasteiger charge is -2.19. The van der Waals surface area contributed by atoms with Crippen LogP contribution in [0.25, 0.3) is 10.9 Å². The summed E-state index contributed by atoms with van der Waals surface area (Å²) in [5.41, 5.74) is 1.70. The van der Waals surface area contributed by atoms with E-state index < -0.39 is 11.7 Å². The molecule has 3 aromatic rings. The second-order valence-corrected chi connectivity index (χ2v) is 10.4. The summed E-state index contributed by atoms with van der Waals surface area (Å²) in [5, 5.41) is 1.23. The van der Waals surface area contributed by atoms with Gasteiger partial charge in [-0.25, -0.2) is 0 Å². The summed E-state index contributed by atoms with van der Waals surface area (Å²) in [5.74, 6) is -0.719. The van der Waals surface area contributed by atoms with E-state index in [-0.39, 0.29) is 47.1 Å². The second kappa shape index (κ2) is 10.3. The number of likely N-dealkylation sites (tertiary alicyclic amines) is 1. The second-order valence-electron chi connectivity index (χ2n) is 9.63. The molecule has 1 amide bonds. The van der Waals surface area contributed by atoms with Crippen molar-refractivity contribution in [3.63, 3.8) is 0 Å². The molecule has 2 atom stereocenters. The van der Waals surface area contributed by atoms with Crippen molar-refractivity contribution in [1.29, 1.82) is 0 Å². The van der Waals surface area contributed by atoms with Crippen LogP contribution in [0.15, 0.2) is 30.3 Å². The Balaban J connectivity index is 1.68. The van der Waals surface area contributed by atoms with Crippen molar-refractivity contribution in [2.75, 3.05) is 26.8 Å². The number of nitrogens with zero attached hydrogens (tertiary/aromatic N) is 2. The number of hydrogen-bond donors (Lipinski definition) is 0. The van der Waals surface area contributed by atoms with Crippen molar-refractivity contribution in [2.24, 2.45) is 18.9 Å². The molecule has 198 valence electrons. The van der Waals surface area contributed by atoms with Gasteiger partial charge in [-0.1, -0.05) is 23.2 Å². The van der Waals surface area contributed by atoms with Gasteiger partial charge < -0.3 is 14.2 Å². The van der Waals surface area contributed by atoms with E-state index >= 15 is 0 Å². The SMILES string of the molecule is COC[C@@H]1CN(C(=O)c2ccc(Cl)c(Cc3cc4c(C)cc(C(F)(F)F)cc4n3C)c2Cl)C[C@H]1C(C)=O. The topological polar surface area (TPSA) is 51.5 Å². The van der Waals surface area contributed by atoms with Crippen LogP contribution < -0.4 is 0 Å². The molecule has 0 unspecified atom stereocenters. The van der Waals surface area contributed by atoms with Crippen molar-refractivity contribution in [2.45, 2.75) is 26.4 Å². The average Bonchev–Trinajstić information content (AvgIpc) is 3.38. The van der Waals surface area contributed by atoms with Gasteiger partial charge in [-0.05, 0) is 55.3 Å². The fraction of sp³-hybridized carbons (Fsp3) is 0.407. The zero-order chi connectivity index (χ0) is 27.2. The highest BCUT2D eigenvalue weighted by atomic mass is 35.5. The predicted octanol–water partition coefficient (Wildman–Crippen LogP) is 6.33. The Morgan fingerprint density at radius 1 is 1.14 bits per heavy atom. The van der Waals surface area contributed by atoms with Crippen LogP contribution in [0.1, 0.15) is 39.7 Å². The van der Waals surface area contributed by atoms with Crippen LogP contribution in [0.3, 0.4) is 0 Å². The normalized spacial score (nSPS) is 18.1. The van der Waals surface area contributed by atoms with Gasteiger partial charge in [0.25, 0.3) is 5.91 Å². The lowest BCUT2D eigenvalue weighted by Crippen LogP contribution is -2.30. The van der Waals surface area contributed by atoms with Gasteiger partial charge >= 0.3 is 6.18 Å². The van der Waals surface area contributed by atoms with E-state index in [1.165, 1.54) is 6.92 Å². The number of carbonyl (C=O) groups excluding carboxylic acids is 2. The van der Waals surface area contributed by atoms with Crippen LogP contribution in [0, 0.1) is 18.8 Å². The van der Waals surface area contributed by atoms with Gasteiger partial charge in [-0.3, -0.25) is 9.59 Å². The predicted molar refractivity (Wildman–Crippen MR) is 137 cm³/mol. The smallest absolute Gasteiger partial charge is 0.384 e. The molecule has 1 saturated heterocycles. The third-order valence-corrected chi connectivity index (χ3v) is 7.99.